The van der Waals surface area contributed by atoms with Crippen molar-refractivity contribution in [2.45, 2.75) is 6.18 Å². The molecule has 0 fully saturated rings. The number of ether oxygens (including phenoxy) is 1. The molecular formula is C14H8F4N4O2. The maximum absolute atomic E-state index is 14.0. The molecule has 6 nitrogen and oxygen atoms in total. The molecule has 0 saturated carbocycles. The van der Waals surface area contributed by atoms with Crippen molar-refractivity contribution in [2.75, 3.05) is 7.11 Å². The Balaban J connectivity index is 2.13. The monoisotopic (exact) mass is 340 g/mol. The van der Waals surface area contributed by atoms with Crippen LogP contribution in [-0.2, 0) is 10.9 Å². The lowest BCUT2D eigenvalue weighted by molar-refractivity contribution is -0.141. The maximum atomic E-state index is 14.0. The van der Waals surface area contributed by atoms with E-state index in [1.54, 1.807) is 0 Å². The molecular weight excluding hydrogens is 332 g/mol. The molecule has 0 saturated heterocycles. The smallest absolute Gasteiger partial charge is 0.433 e. The van der Waals surface area contributed by atoms with Gasteiger partial charge in [-0.05, 0) is 24.3 Å². The van der Waals surface area contributed by atoms with E-state index in [4.69, 9.17) is 0 Å². The highest BCUT2D eigenvalue weighted by Crippen LogP contribution is 2.29. The van der Waals surface area contributed by atoms with Crippen LogP contribution in [0.25, 0.3) is 16.9 Å². The minimum atomic E-state index is -4.64. The van der Waals surface area contributed by atoms with Gasteiger partial charge in [0.25, 0.3) is 0 Å². The number of aromatic nitrogens is 4. The van der Waals surface area contributed by atoms with Gasteiger partial charge < -0.3 is 4.74 Å². The largest absolute Gasteiger partial charge is 0.465 e. The van der Waals surface area contributed by atoms with Gasteiger partial charge >= 0.3 is 12.1 Å². The molecule has 124 valence electrons. The highest BCUT2D eigenvalue weighted by atomic mass is 19.4. The molecule has 0 aliphatic rings. The fourth-order valence-electron chi connectivity index (χ4n) is 2.05. The SMILES string of the molecule is COC(=O)c1ccc(-n2nnc3ccc(C(F)(F)F)nc32)cc1F. The van der Waals surface area contributed by atoms with E-state index in [9.17, 15) is 22.4 Å². The first-order valence-electron chi connectivity index (χ1n) is 6.49. The van der Waals surface area contributed by atoms with Crippen molar-refractivity contribution in [1.82, 2.24) is 20.0 Å². The summed E-state index contributed by atoms with van der Waals surface area (Å²) in [5.74, 6) is -1.78. The Labute approximate surface area is 131 Å². The van der Waals surface area contributed by atoms with E-state index in [0.29, 0.717) is 0 Å². The minimum absolute atomic E-state index is 0.0643. The number of methoxy groups -OCH3 is 1. The Kier molecular flexibility index (Phi) is 3.66. The van der Waals surface area contributed by atoms with Crippen LogP contribution in [0.4, 0.5) is 17.6 Å². The lowest BCUT2D eigenvalue weighted by Gasteiger charge is -2.07. The van der Waals surface area contributed by atoms with E-state index in [-0.39, 0.29) is 22.4 Å². The zero-order valence-electron chi connectivity index (χ0n) is 12.0. The molecule has 0 aliphatic carbocycles. The summed E-state index contributed by atoms with van der Waals surface area (Å²) in [5, 5.41) is 7.37. The molecule has 3 rings (SSSR count). The van der Waals surface area contributed by atoms with Crippen molar-refractivity contribution < 1.29 is 27.1 Å². The molecule has 0 bridgehead atoms. The second-order valence-electron chi connectivity index (χ2n) is 4.69. The molecule has 0 amide bonds. The Bertz CT molecular complexity index is 936. The van der Waals surface area contributed by atoms with Crippen LogP contribution in [0.15, 0.2) is 30.3 Å². The second-order valence-corrected chi connectivity index (χ2v) is 4.69. The van der Waals surface area contributed by atoms with Crippen LogP contribution in [0, 0.1) is 5.82 Å². The van der Waals surface area contributed by atoms with Crippen LogP contribution < -0.4 is 0 Å². The van der Waals surface area contributed by atoms with Gasteiger partial charge in [-0.3, -0.25) is 0 Å². The molecule has 10 heteroatoms. The molecule has 0 aliphatic heterocycles. The molecule has 0 N–H and O–H groups in total. The predicted octanol–water partition coefficient (Wildman–Crippen LogP) is 2.76. The van der Waals surface area contributed by atoms with Gasteiger partial charge in [0, 0.05) is 6.07 Å². The molecule has 0 radical (unpaired) electrons. The Morgan fingerprint density at radius 1 is 1.21 bits per heavy atom. The molecule has 24 heavy (non-hydrogen) atoms. The van der Waals surface area contributed by atoms with E-state index < -0.39 is 23.7 Å². The number of hydrogen-bond acceptors (Lipinski definition) is 5. The number of nitrogens with zero attached hydrogens (tertiary/aromatic N) is 4. The maximum Gasteiger partial charge on any atom is 0.433 e. The van der Waals surface area contributed by atoms with Gasteiger partial charge in [0.1, 0.15) is 17.0 Å². The number of halogens is 4. The summed E-state index contributed by atoms with van der Waals surface area (Å²) < 4.78 is 57.7. The van der Waals surface area contributed by atoms with Gasteiger partial charge in [-0.2, -0.15) is 17.9 Å². The quantitative estimate of drug-likeness (QED) is 0.530. The summed E-state index contributed by atoms with van der Waals surface area (Å²) in [7, 11) is 1.10. The van der Waals surface area contributed by atoms with Crippen molar-refractivity contribution in [1.29, 1.82) is 0 Å². The standard InChI is InChI=1S/C14H8F4N4O2/c1-24-13(23)8-3-2-7(6-9(8)15)22-12-10(20-21-22)4-5-11(19-12)14(16,17)18/h2-6H,1H3. The molecule has 1 aromatic carbocycles. The number of hydrogen-bond donors (Lipinski definition) is 0. The normalized spacial score (nSPS) is 11.7. The van der Waals surface area contributed by atoms with E-state index in [0.717, 1.165) is 36.1 Å². The van der Waals surface area contributed by atoms with Crippen molar-refractivity contribution in [3.05, 3.63) is 47.4 Å². The molecule has 0 atom stereocenters. The predicted molar refractivity (Wildman–Crippen MR) is 73.0 cm³/mol. The van der Waals surface area contributed by atoms with Crippen LogP contribution in [-0.4, -0.2) is 33.1 Å². The van der Waals surface area contributed by atoms with Gasteiger partial charge in [-0.1, -0.05) is 5.21 Å². The van der Waals surface area contributed by atoms with Crippen molar-refractivity contribution >= 4 is 17.1 Å². The highest BCUT2D eigenvalue weighted by Gasteiger charge is 2.33. The van der Waals surface area contributed by atoms with Crippen LogP contribution in [0.3, 0.4) is 0 Å². The molecule has 2 heterocycles. The number of fused-ring (bicyclic) bond motifs is 1. The van der Waals surface area contributed by atoms with E-state index in [2.05, 4.69) is 20.0 Å². The van der Waals surface area contributed by atoms with Gasteiger partial charge in [0.05, 0.1) is 18.4 Å². The van der Waals surface area contributed by atoms with Crippen molar-refractivity contribution in [3.8, 4) is 5.69 Å². The third-order valence-corrected chi connectivity index (χ3v) is 3.19. The summed E-state index contributed by atoms with van der Waals surface area (Å²) in [6.07, 6.45) is -4.64. The summed E-state index contributed by atoms with van der Waals surface area (Å²) in [4.78, 5) is 14.9. The second kappa shape index (κ2) is 5.55. The number of carbonyl (C=O) groups excluding carboxylic acids is 1. The summed E-state index contributed by atoms with van der Waals surface area (Å²) in [6, 6.07) is 5.27. The van der Waals surface area contributed by atoms with E-state index >= 15 is 0 Å². The lowest BCUT2D eigenvalue weighted by atomic mass is 10.2. The number of esters is 1. The summed E-state index contributed by atoms with van der Waals surface area (Å²) in [6.45, 7) is 0. The summed E-state index contributed by atoms with van der Waals surface area (Å²) >= 11 is 0. The Morgan fingerprint density at radius 2 is 1.96 bits per heavy atom. The Morgan fingerprint density at radius 3 is 2.58 bits per heavy atom. The first-order chi connectivity index (χ1) is 11.3. The number of alkyl halides is 3. The van der Waals surface area contributed by atoms with E-state index in [1.807, 2.05) is 0 Å². The topological polar surface area (TPSA) is 69.9 Å². The first kappa shape index (κ1) is 15.8. The average Bonchev–Trinajstić information content (AvgIpc) is 2.96. The van der Waals surface area contributed by atoms with Crippen LogP contribution in [0.2, 0.25) is 0 Å². The van der Waals surface area contributed by atoms with Crippen LogP contribution in [0.1, 0.15) is 16.1 Å². The van der Waals surface area contributed by atoms with Crippen LogP contribution >= 0.6 is 0 Å². The number of pyridine rings is 1. The van der Waals surface area contributed by atoms with Crippen molar-refractivity contribution in [2.24, 2.45) is 0 Å². The number of rotatable bonds is 2. The fraction of sp³-hybridized carbons (Fsp3) is 0.143. The van der Waals surface area contributed by atoms with Gasteiger partial charge in [0.2, 0.25) is 0 Å². The Hall–Kier alpha value is -3.04. The van der Waals surface area contributed by atoms with E-state index in [1.165, 1.54) is 6.07 Å². The van der Waals surface area contributed by atoms with Crippen LogP contribution in [0.5, 0.6) is 0 Å². The average molecular weight is 340 g/mol. The third kappa shape index (κ3) is 2.66. The van der Waals surface area contributed by atoms with Crippen molar-refractivity contribution in [3.63, 3.8) is 0 Å². The zero-order chi connectivity index (χ0) is 17.5. The molecule has 3 aromatic rings. The minimum Gasteiger partial charge on any atom is -0.465 e. The third-order valence-electron chi connectivity index (χ3n) is 3.19. The first-order valence-corrected chi connectivity index (χ1v) is 6.49. The lowest BCUT2D eigenvalue weighted by Crippen LogP contribution is -2.09. The number of carbonyl (C=O) groups is 1. The number of benzene rings is 1. The fourth-order valence-corrected chi connectivity index (χ4v) is 2.05. The summed E-state index contributed by atoms with van der Waals surface area (Å²) in [5.41, 5.74) is -1.44. The van der Waals surface area contributed by atoms with Gasteiger partial charge in [-0.25, -0.2) is 14.2 Å². The highest BCUT2D eigenvalue weighted by molar-refractivity contribution is 5.89. The van der Waals surface area contributed by atoms with Gasteiger partial charge in [0.15, 0.2) is 5.65 Å². The van der Waals surface area contributed by atoms with Gasteiger partial charge in [-0.15, -0.1) is 5.10 Å². The zero-order valence-corrected chi connectivity index (χ0v) is 12.0. The molecule has 2 aromatic heterocycles. The molecule has 0 spiro atoms. The molecule has 0 unspecified atom stereocenters.